The minimum Gasteiger partial charge on any atom is -0.379 e. The van der Waals surface area contributed by atoms with E-state index in [2.05, 4.69) is 21.3 Å². The zero-order valence-electron chi connectivity index (χ0n) is 31.3. The number of hydrogen-bond acceptors (Lipinski definition) is 8. The maximum atomic E-state index is 14.1. The molecule has 0 bridgehead atoms. The Bertz CT molecular complexity index is 1480. The molecule has 2 aliphatic heterocycles. The van der Waals surface area contributed by atoms with Crippen LogP contribution in [0.15, 0.2) is 60.7 Å². The Morgan fingerprint density at radius 3 is 1.77 bits per heavy atom. The Kier molecular flexibility index (Phi) is 15.3. The van der Waals surface area contributed by atoms with Crippen molar-refractivity contribution in [1.82, 2.24) is 26.2 Å². The number of rotatable bonds is 20. The molecule has 0 aromatic heterocycles. The highest BCUT2D eigenvalue weighted by atomic mass is 16.6. The van der Waals surface area contributed by atoms with E-state index in [0.717, 1.165) is 11.1 Å². The van der Waals surface area contributed by atoms with Gasteiger partial charge in [-0.05, 0) is 55.6 Å². The third kappa shape index (κ3) is 13.1. The van der Waals surface area contributed by atoms with Gasteiger partial charge in [0.15, 0.2) is 5.78 Å². The molecule has 2 heterocycles. The molecule has 2 saturated heterocycles. The standard InChI is InChI=1S/C40H57N5O7/c1-27(2)22-32(36(47)40(5)26-52-40)42-39(50)34(24-30-14-10-7-11-15-30)44-38(49)33(23-28(3)4)43-37(48)31(17-16-29-12-8-6-9-13-29)41-35(46)25-45-18-20-51-21-19-45/h6-15,27-28,31-34H,16-26H2,1-5H3,(H,41,46)(H,42,50)(H,43,48)(H,44,49)/t31-,32+,33?,34?,40?/m0/s1. The molecular formula is C40H57N5O7. The number of ketones is 1. The zero-order valence-corrected chi connectivity index (χ0v) is 31.3. The lowest BCUT2D eigenvalue weighted by atomic mass is 9.93. The lowest BCUT2D eigenvalue weighted by Crippen LogP contribution is -2.59. The topological polar surface area (TPSA) is 158 Å². The summed E-state index contributed by atoms with van der Waals surface area (Å²) in [5.41, 5.74) is 0.915. The van der Waals surface area contributed by atoms with Gasteiger partial charge in [-0.3, -0.25) is 28.9 Å². The van der Waals surface area contributed by atoms with Gasteiger partial charge in [0.05, 0.1) is 32.4 Å². The molecule has 284 valence electrons. The van der Waals surface area contributed by atoms with E-state index in [1.807, 2.05) is 93.3 Å². The number of hydrogen-bond donors (Lipinski definition) is 4. The van der Waals surface area contributed by atoms with Crippen molar-refractivity contribution < 1.29 is 33.4 Å². The fourth-order valence-electron chi connectivity index (χ4n) is 6.33. The summed E-state index contributed by atoms with van der Waals surface area (Å²) in [6, 6.07) is 15.3. The molecule has 12 nitrogen and oxygen atoms in total. The highest BCUT2D eigenvalue weighted by Crippen LogP contribution is 2.29. The lowest BCUT2D eigenvalue weighted by Gasteiger charge is -2.29. The maximum absolute atomic E-state index is 14.1. The molecule has 0 spiro atoms. The summed E-state index contributed by atoms with van der Waals surface area (Å²) in [6.07, 6.45) is 1.76. The lowest BCUT2D eigenvalue weighted by molar-refractivity contribution is -0.135. The number of benzene rings is 2. The van der Waals surface area contributed by atoms with Crippen LogP contribution in [0.1, 0.15) is 65.0 Å². The fourth-order valence-corrected chi connectivity index (χ4v) is 6.33. The Morgan fingerprint density at radius 1 is 0.692 bits per heavy atom. The zero-order chi connectivity index (χ0) is 37.7. The van der Waals surface area contributed by atoms with E-state index in [1.54, 1.807) is 6.92 Å². The number of amides is 4. The highest BCUT2D eigenvalue weighted by Gasteiger charge is 2.50. The number of nitrogens with one attached hydrogen (secondary N) is 4. The van der Waals surface area contributed by atoms with Crippen LogP contribution >= 0.6 is 0 Å². The van der Waals surface area contributed by atoms with Crippen LogP contribution in [0.2, 0.25) is 0 Å². The predicted octanol–water partition coefficient (Wildman–Crippen LogP) is 2.58. The average molecular weight is 720 g/mol. The van der Waals surface area contributed by atoms with Crippen LogP contribution < -0.4 is 21.3 Å². The second kappa shape index (κ2) is 19.6. The summed E-state index contributed by atoms with van der Waals surface area (Å²) in [5, 5.41) is 11.7. The minimum atomic E-state index is -1.03. The third-order valence-corrected chi connectivity index (χ3v) is 9.38. The van der Waals surface area contributed by atoms with Gasteiger partial charge < -0.3 is 30.7 Å². The molecule has 52 heavy (non-hydrogen) atoms. The number of Topliss-reactive ketones (excluding diaryl/α,β-unsaturated/α-hetero) is 1. The fraction of sp³-hybridized carbons (Fsp3) is 0.575. The molecule has 4 amide bonds. The molecule has 4 N–H and O–H groups in total. The number of carbonyl (C=O) groups is 5. The van der Waals surface area contributed by atoms with Crippen molar-refractivity contribution in [3.05, 3.63) is 71.8 Å². The molecule has 2 aromatic rings. The van der Waals surface area contributed by atoms with Gasteiger partial charge in [-0.25, -0.2) is 0 Å². The number of epoxide rings is 1. The van der Waals surface area contributed by atoms with Crippen LogP contribution in [-0.2, 0) is 46.3 Å². The SMILES string of the molecule is CC(C)CC(NC(=O)[C@H](CCc1ccccc1)NC(=O)CN1CCOCC1)C(=O)NC(Cc1ccccc1)C(=O)N[C@H](CC(C)C)C(=O)C1(C)CO1. The van der Waals surface area contributed by atoms with E-state index in [1.165, 1.54) is 0 Å². The van der Waals surface area contributed by atoms with Gasteiger partial charge in [-0.15, -0.1) is 0 Å². The van der Waals surface area contributed by atoms with Gasteiger partial charge in [0, 0.05) is 19.5 Å². The molecule has 2 aliphatic rings. The summed E-state index contributed by atoms with van der Waals surface area (Å²) >= 11 is 0. The highest BCUT2D eigenvalue weighted by molar-refractivity contribution is 5.98. The molecule has 2 fully saturated rings. The molecule has 12 heteroatoms. The van der Waals surface area contributed by atoms with Gasteiger partial charge in [-0.1, -0.05) is 88.4 Å². The Morgan fingerprint density at radius 2 is 1.19 bits per heavy atom. The van der Waals surface area contributed by atoms with Gasteiger partial charge in [0.1, 0.15) is 23.7 Å². The molecule has 0 radical (unpaired) electrons. The van der Waals surface area contributed by atoms with Crippen molar-refractivity contribution in [1.29, 1.82) is 0 Å². The normalized spacial score (nSPS) is 19.6. The molecule has 0 saturated carbocycles. The van der Waals surface area contributed by atoms with Gasteiger partial charge >= 0.3 is 0 Å². The van der Waals surface area contributed by atoms with Gasteiger partial charge in [0.25, 0.3) is 0 Å². The molecule has 4 rings (SSSR count). The van der Waals surface area contributed by atoms with E-state index < -0.39 is 47.5 Å². The first kappa shape index (κ1) is 40.6. The summed E-state index contributed by atoms with van der Waals surface area (Å²) in [5.74, 6) is -1.83. The van der Waals surface area contributed by atoms with Crippen LogP contribution in [0.3, 0.4) is 0 Å². The smallest absolute Gasteiger partial charge is 0.243 e. The predicted molar refractivity (Wildman–Crippen MR) is 198 cm³/mol. The number of ether oxygens (including phenoxy) is 2. The molecule has 0 aliphatic carbocycles. The Hall–Kier alpha value is -4.13. The number of morpholine rings is 1. The van der Waals surface area contributed by atoms with E-state index in [-0.39, 0.29) is 36.5 Å². The summed E-state index contributed by atoms with van der Waals surface area (Å²) in [4.78, 5) is 70.5. The largest absolute Gasteiger partial charge is 0.379 e. The monoisotopic (exact) mass is 719 g/mol. The van der Waals surface area contributed by atoms with Crippen molar-refractivity contribution in [2.75, 3.05) is 39.5 Å². The van der Waals surface area contributed by atoms with E-state index in [4.69, 9.17) is 9.47 Å². The summed E-state index contributed by atoms with van der Waals surface area (Å²) in [6.45, 7) is 12.3. The summed E-state index contributed by atoms with van der Waals surface area (Å²) in [7, 11) is 0. The Labute approximate surface area is 308 Å². The van der Waals surface area contributed by atoms with Crippen LogP contribution in [0, 0.1) is 11.8 Å². The Balaban J connectivity index is 1.51. The van der Waals surface area contributed by atoms with Crippen molar-refractivity contribution in [3.8, 4) is 0 Å². The van der Waals surface area contributed by atoms with Crippen LogP contribution in [0.4, 0.5) is 0 Å². The summed E-state index contributed by atoms with van der Waals surface area (Å²) < 4.78 is 10.8. The van der Waals surface area contributed by atoms with Gasteiger partial charge in [-0.2, -0.15) is 0 Å². The minimum absolute atomic E-state index is 0.0171. The molecule has 5 atom stereocenters. The van der Waals surface area contributed by atoms with Crippen molar-refractivity contribution in [2.45, 2.75) is 96.5 Å². The average Bonchev–Trinajstić information content (AvgIpc) is 3.87. The molecule has 3 unspecified atom stereocenters. The second-order valence-electron chi connectivity index (χ2n) is 15.0. The van der Waals surface area contributed by atoms with Crippen molar-refractivity contribution in [3.63, 3.8) is 0 Å². The molecule has 2 aromatic carbocycles. The van der Waals surface area contributed by atoms with Crippen molar-refractivity contribution >= 4 is 29.4 Å². The van der Waals surface area contributed by atoms with Gasteiger partial charge in [0.2, 0.25) is 23.6 Å². The van der Waals surface area contributed by atoms with Crippen LogP contribution in [0.25, 0.3) is 0 Å². The quantitative estimate of drug-likeness (QED) is 0.152. The first-order chi connectivity index (χ1) is 24.8. The number of aryl methyl sites for hydroxylation is 1. The third-order valence-electron chi connectivity index (χ3n) is 9.38. The van der Waals surface area contributed by atoms with Crippen molar-refractivity contribution in [2.24, 2.45) is 11.8 Å². The van der Waals surface area contributed by atoms with E-state index in [0.29, 0.717) is 58.6 Å². The second-order valence-corrected chi connectivity index (χ2v) is 15.0. The number of nitrogens with zero attached hydrogens (tertiary/aromatic N) is 1. The van der Waals surface area contributed by atoms with E-state index >= 15 is 0 Å². The van der Waals surface area contributed by atoms with Crippen LogP contribution in [-0.4, -0.2) is 104 Å². The van der Waals surface area contributed by atoms with Crippen LogP contribution in [0.5, 0.6) is 0 Å². The number of carbonyl (C=O) groups excluding carboxylic acids is 5. The first-order valence-corrected chi connectivity index (χ1v) is 18.6. The first-order valence-electron chi connectivity index (χ1n) is 18.6. The maximum Gasteiger partial charge on any atom is 0.243 e. The molecular weight excluding hydrogens is 662 g/mol. The van der Waals surface area contributed by atoms with E-state index in [9.17, 15) is 24.0 Å².